The van der Waals surface area contributed by atoms with Gasteiger partial charge in [0.15, 0.2) is 0 Å². The maximum absolute atomic E-state index is 12.3. The fraction of sp³-hybridized carbons (Fsp3) is 0.923. The van der Waals surface area contributed by atoms with Crippen LogP contribution < -0.4 is 10.6 Å². The highest BCUT2D eigenvalue weighted by Crippen LogP contribution is 2.22. The number of nitrogens with one attached hydrogen (secondary N) is 2. The summed E-state index contributed by atoms with van der Waals surface area (Å²) in [6, 6.07) is 0. The van der Waals surface area contributed by atoms with E-state index in [9.17, 15) is 4.79 Å². The lowest BCUT2D eigenvalue weighted by Crippen LogP contribution is -2.55. The molecule has 2 N–H and O–H groups in total. The normalized spacial score (nSPS) is 21.8. The van der Waals surface area contributed by atoms with Crippen molar-refractivity contribution in [3.63, 3.8) is 0 Å². The molecule has 0 aliphatic carbocycles. The van der Waals surface area contributed by atoms with Crippen LogP contribution in [0.5, 0.6) is 0 Å². The Hall–Kier alpha value is 0.280. The van der Waals surface area contributed by atoms with Gasteiger partial charge in [0.25, 0.3) is 5.91 Å². The van der Waals surface area contributed by atoms with E-state index in [0.717, 1.165) is 52.1 Å². The van der Waals surface area contributed by atoms with Crippen LogP contribution in [-0.2, 0) is 9.53 Å². The number of nitrogens with zero attached hydrogens (tertiary/aromatic N) is 1. The van der Waals surface area contributed by atoms with Crippen molar-refractivity contribution in [1.82, 2.24) is 15.5 Å². The first-order valence-corrected chi connectivity index (χ1v) is 8.26. The molecule has 0 bridgehead atoms. The molecule has 0 atom stereocenters. The van der Waals surface area contributed by atoms with E-state index >= 15 is 0 Å². The van der Waals surface area contributed by atoms with Crippen LogP contribution in [0.4, 0.5) is 0 Å². The minimum atomic E-state index is -0.608. The number of hydrogen-bond donors (Lipinski definition) is 2. The highest BCUT2D eigenvalue weighted by Gasteiger charge is 2.39. The zero-order chi connectivity index (χ0) is 13.6. The molecule has 126 valence electrons. The molecule has 0 aromatic rings. The van der Waals surface area contributed by atoms with Gasteiger partial charge in [-0.25, -0.2) is 0 Å². The summed E-state index contributed by atoms with van der Waals surface area (Å²) in [6.45, 7) is 5.65. The first-order valence-electron chi connectivity index (χ1n) is 7.11. The van der Waals surface area contributed by atoms with Crippen LogP contribution in [0, 0.1) is 0 Å². The number of methoxy groups -OCH3 is 1. The van der Waals surface area contributed by atoms with Gasteiger partial charge >= 0.3 is 0 Å². The van der Waals surface area contributed by atoms with Crippen LogP contribution in [0.25, 0.3) is 0 Å². The maximum Gasteiger partial charge on any atom is 0.252 e. The second-order valence-electron chi connectivity index (χ2n) is 5.16. The number of piperidine rings is 1. The fourth-order valence-electron chi connectivity index (χ4n) is 2.67. The smallest absolute Gasteiger partial charge is 0.252 e. The van der Waals surface area contributed by atoms with Crippen molar-refractivity contribution in [3.8, 4) is 0 Å². The van der Waals surface area contributed by atoms with Crippen molar-refractivity contribution in [1.29, 1.82) is 0 Å². The molecular formula is C13H27Cl2N3O2S. The number of halogens is 2. The van der Waals surface area contributed by atoms with Gasteiger partial charge in [0.1, 0.15) is 5.60 Å². The van der Waals surface area contributed by atoms with Crippen LogP contribution >= 0.6 is 36.6 Å². The van der Waals surface area contributed by atoms with Gasteiger partial charge in [-0.2, -0.15) is 11.8 Å². The minimum Gasteiger partial charge on any atom is -0.368 e. The Kier molecular flexibility index (Phi) is 11.1. The zero-order valence-electron chi connectivity index (χ0n) is 12.6. The number of rotatable bonds is 5. The number of thioether (sulfide) groups is 1. The summed E-state index contributed by atoms with van der Waals surface area (Å²) < 4.78 is 5.51. The Morgan fingerprint density at radius 3 is 2.48 bits per heavy atom. The minimum absolute atomic E-state index is 0. The molecule has 8 heteroatoms. The zero-order valence-corrected chi connectivity index (χ0v) is 15.0. The second kappa shape index (κ2) is 10.9. The third kappa shape index (κ3) is 6.12. The largest absolute Gasteiger partial charge is 0.368 e. The van der Waals surface area contributed by atoms with E-state index in [4.69, 9.17) is 4.74 Å². The van der Waals surface area contributed by atoms with E-state index in [1.807, 2.05) is 11.8 Å². The molecule has 2 aliphatic heterocycles. The molecule has 0 aromatic carbocycles. The third-order valence-electron chi connectivity index (χ3n) is 4.03. The van der Waals surface area contributed by atoms with Crippen LogP contribution in [0.2, 0.25) is 0 Å². The summed E-state index contributed by atoms with van der Waals surface area (Å²) >= 11 is 2.01. The number of ether oxygens (including phenoxy) is 1. The molecule has 2 heterocycles. The van der Waals surface area contributed by atoms with Crippen molar-refractivity contribution in [2.45, 2.75) is 18.4 Å². The van der Waals surface area contributed by atoms with Crippen LogP contribution in [0.3, 0.4) is 0 Å². The highest BCUT2D eigenvalue weighted by atomic mass is 35.5. The molecule has 21 heavy (non-hydrogen) atoms. The summed E-state index contributed by atoms with van der Waals surface area (Å²) in [4.78, 5) is 14.7. The van der Waals surface area contributed by atoms with Crippen molar-refractivity contribution in [2.24, 2.45) is 0 Å². The molecule has 2 fully saturated rings. The Morgan fingerprint density at radius 1 is 1.29 bits per heavy atom. The fourth-order valence-corrected chi connectivity index (χ4v) is 3.65. The maximum atomic E-state index is 12.3. The SMILES string of the molecule is COC1(C(=O)NCCN2CCSCC2)CCNCC1.Cl.Cl. The average molecular weight is 360 g/mol. The third-order valence-corrected chi connectivity index (χ3v) is 4.98. The average Bonchev–Trinajstić information content (AvgIpc) is 2.49. The van der Waals surface area contributed by atoms with Crippen LogP contribution in [0.15, 0.2) is 0 Å². The van der Waals surface area contributed by atoms with E-state index in [2.05, 4.69) is 15.5 Å². The van der Waals surface area contributed by atoms with Gasteiger partial charge < -0.3 is 15.4 Å². The lowest BCUT2D eigenvalue weighted by Gasteiger charge is -2.35. The molecular weight excluding hydrogens is 333 g/mol. The lowest BCUT2D eigenvalue weighted by molar-refractivity contribution is -0.146. The molecule has 1 amide bonds. The molecule has 2 rings (SSSR count). The summed E-state index contributed by atoms with van der Waals surface area (Å²) in [6.07, 6.45) is 1.52. The van der Waals surface area contributed by atoms with Crippen LogP contribution in [0.1, 0.15) is 12.8 Å². The highest BCUT2D eigenvalue weighted by molar-refractivity contribution is 7.99. The predicted molar refractivity (Wildman–Crippen MR) is 93.1 cm³/mol. The van der Waals surface area contributed by atoms with Gasteiger partial charge in [-0.3, -0.25) is 9.69 Å². The Bertz CT molecular complexity index is 299. The van der Waals surface area contributed by atoms with Gasteiger partial charge in [0.05, 0.1) is 0 Å². The molecule has 0 spiro atoms. The second-order valence-corrected chi connectivity index (χ2v) is 6.38. The molecule has 0 unspecified atom stereocenters. The molecule has 5 nitrogen and oxygen atoms in total. The summed E-state index contributed by atoms with van der Waals surface area (Å²) in [5.41, 5.74) is -0.608. The number of amides is 1. The van der Waals surface area contributed by atoms with Gasteiger partial charge in [-0.05, 0) is 25.9 Å². The predicted octanol–water partition coefficient (Wildman–Crippen LogP) is 0.764. The van der Waals surface area contributed by atoms with Gasteiger partial charge in [0.2, 0.25) is 0 Å². The number of hydrogen-bond acceptors (Lipinski definition) is 5. The number of carbonyl (C=O) groups excluding carboxylic acids is 1. The van der Waals surface area contributed by atoms with Gasteiger partial charge in [-0.1, -0.05) is 0 Å². The van der Waals surface area contributed by atoms with E-state index < -0.39 is 5.60 Å². The monoisotopic (exact) mass is 359 g/mol. The Balaban J connectivity index is 0.00000200. The molecule has 0 saturated carbocycles. The number of carbonyl (C=O) groups is 1. The standard InChI is InChI=1S/C13H25N3O2S.2ClH/c1-18-13(2-4-14-5-3-13)12(17)15-6-7-16-8-10-19-11-9-16;;/h14H,2-11H2,1H3,(H,15,17);2*1H. The summed E-state index contributed by atoms with van der Waals surface area (Å²) in [5, 5.41) is 6.32. The molecule has 0 radical (unpaired) electrons. The van der Waals surface area contributed by atoms with E-state index in [-0.39, 0.29) is 30.7 Å². The Morgan fingerprint density at radius 2 is 1.90 bits per heavy atom. The van der Waals surface area contributed by atoms with Gasteiger partial charge in [-0.15, -0.1) is 24.8 Å². The van der Waals surface area contributed by atoms with Crippen molar-refractivity contribution in [3.05, 3.63) is 0 Å². The van der Waals surface area contributed by atoms with Crippen molar-refractivity contribution in [2.75, 3.05) is 57.9 Å². The molecule has 2 saturated heterocycles. The van der Waals surface area contributed by atoms with Gasteiger partial charge in [0, 0.05) is 44.8 Å². The molecule has 2 aliphatic rings. The summed E-state index contributed by atoms with van der Waals surface area (Å²) in [7, 11) is 1.65. The summed E-state index contributed by atoms with van der Waals surface area (Å²) in [5.74, 6) is 2.48. The Labute approximate surface area is 144 Å². The van der Waals surface area contributed by atoms with E-state index in [0.29, 0.717) is 0 Å². The topological polar surface area (TPSA) is 53.6 Å². The van der Waals surface area contributed by atoms with Crippen molar-refractivity contribution < 1.29 is 9.53 Å². The van der Waals surface area contributed by atoms with Crippen LogP contribution in [-0.4, -0.2) is 74.3 Å². The first-order chi connectivity index (χ1) is 9.27. The first kappa shape index (κ1) is 21.3. The molecule has 0 aromatic heterocycles. The van der Waals surface area contributed by atoms with Crippen molar-refractivity contribution >= 4 is 42.5 Å². The lowest BCUT2D eigenvalue weighted by atomic mass is 9.91. The van der Waals surface area contributed by atoms with E-state index in [1.165, 1.54) is 11.5 Å². The quantitative estimate of drug-likeness (QED) is 0.758. The van der Waals surface area contributed by atoms with E-state index in [1.54, 1.807) is 7.11 Å².